The van der Waals surface area contributed by atoms with Crippen LogP contribution in [0.3, 0.4) is 0 Å². The van der Waals surface area contributed by atoms with E-state index in [1.807, 2.05) is 25.1 Å². The lowest BCUT2D eigenvalue weighted by molar-refractivity contribution is 0.0955. The van der Waals surface area contributed by atoms with E-state index in [1.165, 1.54) is 24.3 Å². The molecule has 0 fully saturated rings. The minimum Gasteiger partial charge on any atom is -0.494 e. The van der Waals surface area contributed by atoms with Gasteiger partial charge >= 0.3 is 0 Å². The summed E-state index contributed by atoms with van der Waals surface area (Å²) in [5, 5.41) is 16.0. The summed E-state index contributed by atoms with van der Waals surface area (Å²) in [6.45, 7) is 3.18. The van der Waals surface area contributed by atoms with Crippen molar-refractivity contribution < 1.29 is 13.9 Å². The summed E-state index contributed by atoms with van der Waals surface area (Å²) in [5.74, 6) is 0.496. The molecule has 0 bridgehead atoms. The molecule has 0 atom stereocenters. The standard InChI is InChI=1S/C21H19FN4O2/c1-2-28-18-7-8-19-15(12-18)11-16(13-23)20(26-19)24-9-10-25-21(27)14-3-5-17(22)6-4-14/h3-8,11-12H,2,9-10H2,1H3,(H,24,26)(H,25,27). The van der Waals surface area contributed by atoms with Crippen LogP contribution in [0.25, 0.3) is 10.9 Å². The summed E-state index contributed by atoms with van der Waals surface area (Å²) in [6, 6.07) is 14.7. The average Bonchev–Trinajstić information content (AvgIpc) is 2.71. The van der Waals surface area contributed by atoms with Crippen LogP contribution < -0.4 is 15.4 Å². The van der Waals surface area contributed by atoms with Crippen molar-refractivity contribution in [2.45, 2.75) is 6.92 Å². The van der Waals surface area contributed by atoms with E-state index in [-0.39, 0.29) is 5.91 Å². The molecule has 0 saturated heterocycles. The van der Waals surface area contributed by atoms with Crippen LogP contribution in [0, 0.1) is 17.1 Å². The van der Waals surface area contributed by atoms with Gasteiger partial charge in [-0.1, -0.05) is 0 Å². The van der Waals surface area contributed by atoms with Gasteiger partial charge in [0.25, 0.3) is 5.91 Å². The van der Waals surface area contributed by atoms with Gasteiger partial charge in [0.2, 0.25) is 0 Å². The quantitative estimate of drug-likeness (QED) is 0.615. The van der Waals surface area contributed by atoms with E-state index in [0.29, 0.717) is 36.6 Å². The summed E-state index contributed by atoms with van der Waals surface area (Å²) in [4.78, 5) is 16.5. The Balaban J connectivity index is 1.63. The first-order chi connectivity index (χ1) is 13.6. The van der Waals surface area contributed by atoms with Crippen LogP contribution in [0.5, 0.6) is 5.75 Å². The smallest absolute Gasteiger partial charge is 0.251 e. The number of anilines is 1. The van der Waals surface area contributed by atoms with Crippen LogP contribution in [-0.2, 0) is 0 Å². The van der Waals surface area contributed by atoms with Crippen LogP contribution >= 0.6 is 0 Å². The number of amides is 1. The molecule has 3 rings (SSSR count). The Morgan fingerprint density at radius 1 is 1.18 bits per heavy atom. The number of carbonyl (C=O) groups is 1. The van der Waals surface area contributed by atoms with E-state index < -0.39 is 5.82 Å². The number of hydrogen-bond donors (Lipinski definition) is 2. The number of hydrogen-bond acceptors (Lipinski definition) is 5. The van der Waals surface area contributed by atoms with Crippen molar-refractivity contribution in [3.8, 4) is 11.8 Å². The van der Waals surface area contributed by atoms with Crippen molar-refractivity contribution in [1.82, 2.24) is 10.3 Å². The lowest BCUT2D eigenvalue weighted by Gasteiger charge is -2.11. The van der Waals surface area contributed by atoms with Crippen molar-refractivity contribution in [2.24, 2.45) is 0 Å². The summed E-state index contributed by atoms with van der Waals surface area (Å²) in [7, 11) is 0. The molecule has 3 aromatic rings. The molecule has 0 spiro atoms. The molecule has 2 N–H and O–H groups in total. The van der Waals surface area contributed by atoms with Crippen molar-refractivity contribution in [1.29, 1.82) is 5.26 Å². The number of benzene rings is 2. The highest BCUT2D eigenvalue weighted by Crippen LogP contribution is 2.24. The zero-order chi connectivity index (χ0) is 19.9. The van der Waals surface area contributed by atoms with Crippen molar-refractivity contribution in [3.63, 3.8) is 0 Å². The summed E-state index contributed by atoms with van der Waals surface area (Å²) in [6.07, 6.45) is 0. The Labute approximate surface area is 162 Å². The molecule has 1 aromatic heterocycles. The minimum atomic E-state index is -0.391. The van der Waals surface area contributed by atoms with Crippen molar-refractivity contribution in [2.75, 3.05) is 25.0 Å². The van der Waals surface area contributed by atoms with Gasteiger partial charge in [0.1, 0.15) is 23.5 Å². The fraction of sp³-hybridized carbons (Fsp3) is 0.190. The average molecular weight is 378 g/mol. The Kier molecular flexibility index (Phi) is 6.02. The third-order valence-electron chi connectivity index (χ3n) is 4.03. The molecule has 0 unspecified atom stereocenters. The van der Waals surface area contributed by atoms with Crippen LogP contribution in [0.4, 0.5) is 10.2 Å². The largest absolute Gasteiger partial charge is 0.494 e. The zero-order valence-electron chi connectivity index (χ0n) is 15.3. The second kappa shape index (κ2) is 8.82. The molecular formula is C21H19FN4O2. The Morgan fingerprint density at radius 2 is 1.96 bits per heavy atom. The first kappa shape index (κ1) is 19.1. The molecule has 0 aliphatic carbocycles. The number of fused-ring (bicyclic) bond motifs is 1. The fourth-order valence-corrected chi connectivity index (χ4v) is 2.69. The molecule has 0 saturated carbocycles. The molecule has 2 aromatic carbocycles. The second-order valence-corrected chi connectivity index (χ2v) is 5.97. The molecule has 0 radical (unpaired) electrons. The van der Waals surface area contributed by atoms with Gasteiger partial charge in [0, 0.05) is 24.0 Å². The van der Waals surface area contributed by atoms with Gasteiger partial charge < -0.3 is 15.4 Å². The van der Waals surface area contributed by atoms with Gasteiger partial charge in [-0.25, -0.2) is 9.37 Å². The number of nitrogens with one attached hydrogen (secondary N) is 2. The van der Waals surface area contributed by atoms with E-state index in [0.717, 1.165) is 16.7 Å². The van der Waals surface area contributed by atoms with Crippen molar-refractivity contribution in [3.05, 3.63) is 65.5 Å². The van der Waals surface area contributed by atoms with E-state index in [9.17, 15) is 14.4 Å². The number of carbonyl (C=O) groups excluding carboxylic acids is 1. The van der Waals surface area contributed by atoms with Crippen LogP contribution in [0.15, 0.2) is 48.5 Å². The lowest BCUT2D eigenvalue weighted by atomic mass is 10.1. The van der Waals surface area contributed by atoms with Gasteiger partial charge in [-0.2, -0.15) is 5.26 Å². The number of ether oxygens (including phenoxy) is 1. The number of pyridine rings is 1. The van der Waals surface area contributed by atoms with Gasteiger partial charge in [0.15, 0.2) is 0 Å². The molecule has 1 heterocycles. The summed E-state index contributed by atoms with van der Waals surface area (Å²) in [5.41, 5.74) is 1.53. The number of nitriles is 1. The fourth-order valence-electron chi connectivity index (χ4n) is 2.69. The maximum absolute atomic E-state index is 12.9. The zero-order valence-corrected chi connectivity index (χ0v) is 15.3. The monoisotopic (exact) mass is 378 g/mol. The highest BCUT2D eigenvalue weighted by atomic mass is 19.1. The van der Waals surface area contributed by atoms with E-state index in [4.69, 9.17) is 4.74 Å². The third-order valence-corrected chi connectivity index (χ3v) is 4.03. The van der Waals surface area contributed by atoms with Gasteiger partial charge in [-0.3, -0.25) is 4.79 Å². The summed E-state index contributed by atoms with van der Waals surface area (Å²) >= 11 is 0. The van der Waals surface area contributed by atoms with Crippen LogP contribution in [-0.4, -0.2) is 30.6 Å². The van der Waals surface area contributed by atoms with E-state index in [2.05, 4.69) is 21.7 Å². The molecule has 28 heavy (non-hydrogen) atoms. The Morgan fingerprint density at radius 3 is 2.68 bits per heavy atom. The highest BCUT2D eigenvalue weighted by molar-refractivity contribution is 5.94. The second-order valence-electron chi connectivity index (χ2n) is 5.97. The maximum Gasteiger partial charge on any atom is 0.251 e. The van der Waals surface area contributed by atoms with Crippen LogP contribution in [0.2, 0.25) is 0 Å². The number of aromatic nitrogens is 1. The van der Waals surface area contributed by atoms with Gasteiger partial charge in [-0.05, 0) is 55.5 Å². The van der Waals surface area contributed by atoms with E-state index in [1.54, 1.807) is 6.07 Å². The predicted molar refractivity (Wildman–Crippen MR) is 105 cm³/mol. The third kappa shape index (κ3) is 4.54. The molecule has 7 heteroatoms. The normalized spacial score (nSPS) is 10.3. The van der Waals surface area contributed by atoms with Crippen LogP contribution in [0.1, 0.15) is 22.8 Å². The lowest BCUT2D eigenvalue weighted by Crippen LogP contribution is -2.29. The molecule has 1 amide bonds. The molecule has 6 nitrogen and oxygen atoms in total. The number of halogens is 1. The van der Waals surface area contributed by atoms with Gasteiger partial charge in [0.05, 0.1) is 17.7 Å². The van der Waals surface area contributed by atoms with Crippen molar-refractivity contribution >= 4 is 22.6 Å². The Hall–Kier alpha value is -3.66. The highest BCUT2D eigenvalue weighted by Gasteiger charge is 2.09. The SMILES string of the molecule is CCOc1ccc2nc(NCCNC(=O)c3ccc(F)cc3)c(C#N)cc2c1. The first-order valence-corrected chi connectivity index (χ1v) is 8.86. The summed E-state index contributed by atoms with van der Waals surface area (Å²) < 4.78 is 18.4. The van der Waals surface area contributed by atoms with E-state index >= 15 is 0 Å². The molecule has 0 aliphatic heterocycles. The minimum absolute atomic E-state index is 0.294. The maximum atomic E-state index is 12.9. The molecule has 0 aliphatic rings. The molecule has 142 valence electrons. The number of rotatable bonds is 7. The first-order valence-electron chi connectivity index (χ1n) is 8.86. The topological polar surface area (TPSA) is 87.0 Å². The number of nitrogens with zero attached hydrogens (tertiary/aromatic N) is 2. The van der Waals surface area contributed by atoms with Gasteiger partial charge in [-0.15, -0.1) is 0 Å². The predicted octanol–water partition coefficient (Wildman–Crippen LogP) is 3.49. The Bertz CT molecular complexity index is 1030. The molecular weight excluding hydrogens is 359 g/mol.